The first kappa shape index (κ1) is 19.1. The highest BCUT2D eigenvalue weighted by atomic mass is 32.2. The highest BCUT2D eigenvalue weighted by Gasteiger charge is 2.41. The van der Waals surface area contributed by atoms with Crippen LogP contribution in [0.15, 0.2) is 45.9 Å². The molecule has 1 aromatic heterocycles. The minimum absolute atomic E-state index is 0.0604. The molecule has 1 aromatic carbocycles. The van der Waals surface area contributed by atoms with E-state index in [2.05, 4.69) is 5.32 Å². The Balaban J connectivity index is 1.73. The summed E-state index contributed by atoms with van der Waals surface area (Å²) in [5.74, 6) is -2.83. The SMILES string of the molecule is O=C(O)c1ccc(S(=O)(=O)N2CCCC2C(=O)NCc2cccc(F)c2)o1. The zero-order valence-corrected chi connectivity index (χ0v) is 14.9. The van der Waals surface area contributed by atoms with Crippen LogP contribution in [-0.2, 0) is 21.4 Å². The van der Waals surface area contributed by atoms with Crippen LogP contribution in [0.25, 0.3) is 0 Å². The zero-order chi connectivity index (χ0) is 19.6. The summed E-state index contributed by atoms with van der Waals surface area (Å²) in [7, 11) is -4.15. The first-order valence-electron chi connectivity index (χ1n) is 8.16. The number of hydrogen-bond donors (Lipinski definition) is 2. The van der Waals surface area contributed by atoms with Crippen molar-refractivity contribution in [2.75, 3.05) is 6.54 Å². The molecule has 3 rings (SSSR count). The number of nitrogens with zero attached hydrogens (tertiary/aromatic N) is 1. The van der Waals surface area contributed by atoms with Gasteiger partial charge in [0.2, 0.25) is 16.8 Å². The number of sulfonamides is 1. The Labute approximate surface area is 154 Å². The molecule has 0 radical (unpaired) electrons. The first-order chi connectivity index (χ1) is 12.8. The van der Waals surface area contributed by atoms with E-state index < -0.39 is 44.6 Å². The monoisotopic (exact) mass is 396 g/mol. The number of benzene rings is 1. The minimum atomic E-state index is -4.15. The van der Waals surface area contributed by atoms with Gasteiger partial charge in [0.05, 0.1) is 0 Å². The molecule has 1 aliphatic heterocycles. The van der Waals surface area contributed by atoms with Crippen LogP contribution in [0.4, 0.5) is 4.39 Å². The molecule has 2 heterocycles. The third-order valence-electron chi connectivity index (χ3n) is 4.22. The number of carbonyl (C=O) groups is 2. The van der Waals surface area contributed by atoms with E-state index in [0.29, 0.717) is 18.4 Å². The van der Waals surface area contributed by atoms with E-state index in [1.54, 1.807) is 6.07 Å². The Bertz CT molecular complexity index is 971. The predicted molar refractivity (Wildman–Crippen MR) is 90.8 cm³/mol. The van der Waals surface area contributed by atoms with Crippen LogP contribution in [0.5, 0.6) is 0 Å². The third-order valence-corrected chi connectivity index (χ3v) is 6.00. The van der Waals surface area contributed by atoms with E-state index in [-0.39, 0.29) is 13.1 Å². The normalized spacial score (nSPS) is 17.7. The lowest BCUT2D eigenvalue weighted by Gasteiger charge is -2.22. The minimum Gasteiger partial charge on any atom is -0.475 e. The molecule has 1 saturated heterocycles. The fraction of sp³-hybridized carbons (Fsp3) is 0.294. The van der Waals surface area contributed by atoms with Gasteiger partial charge in [-0.25, -0.2) is 17.6 Å². The highest BCUT2D eigenvalue weighted by molar-refractivity contribution is 7.89. The number of carbonyl (C=O) groups excluding carboxylic acids is 1. The van der Waals surface area contributed by atoms with Gasteiger partial charge >= 0.3 is 5.97 Å². The Hall–Kier alpha value is -2.72. The summed E-state index contributed by atoms with van der Waals surface area (Å²) in [6.07, 6.45) is 0.796. The van der Waals surface area contributed by atoms with Gasteiger partial charge in [-0.1, -0.05) is 12.1 Å². The Morgan fingerprint density at radius 1 is 1.30 bits per heavy atom. The van der Waals surface area contributed by atoms with Crippen LogP contribution in [0.2, 0.25) is 0 Å². The fourth-order valence-electron chi connectivity index (χ4n) is 2.93. The maximum absolute atomic E-state index is 13.2. The molecular weight excluding hydrogens is 379 g/mol. The van der Waals surface area contributed by atoms with Crippen molar-refractivity contribution in [3.05, 3.63) is 53.5 Å². The molecule has 8 nitrogen and oxygen atoms in total. The molecule has 10 heteroatoms. The van der Waals surface area contributed by atoms with Gasteiger partial charge in [0.15, 0.2) is 0 Å². The number of nitrogens with one attached hydrogen (secondary N) is 1. The van der Waals surface area contributed by atoms with Gasteiger partial charge < -0.3 is 14.8 Å². The van der Waals surface area contributed by atoms with Crippen LogP contribution in [-0.4, -0.2) is 42.3 Å². The molecule has 1 fully saturated rings. The molecule has 2 N–H and O–H groups in total. The van der Waals surface area contributed by atoms with Crippen molar-refractivity contribution in [1.29, 1.82) is 0 Å². The second kappa shape index (κ2) is 7.49. The molecule has 1 unspecified atom stereocenters. The molecule has 1 atom stereocenters. The van der Waals surface area contributed by atoms with Crippen LogP contribution in [0.3, 0.4) is 0 Å². The van der Waals surface area contributed by atoms with Gasteiger partial charge in [-0.05, 0) is 42.7 Å². The number of hydrogen-bond acceptors (Lipinski definition) is 5. The molecule has 0 bridgehead atoms. The number of halogens is 1. The van der Waals surface area contributed by atoms with Crippen LogP contribution in [0.1, 0.15) is 29.0 Å². The highest BCUT2D eigenvalue weighted by Crippen LogP contribution is 2.27. The van der Waals surface area contributed by atoms with Crippen molar-refractivity contribution >= 4 is 21.9 Å². The summed E-state index contributed by atoms with van der Waals surface area (Å²) in [6, 6.07) is 6.87. The van der Waals surface area contributed by atoms with Gasteiger partial charge in [-0.15, -0.1) is 0 Å². The van der Waals surface area contributed by atoms with Gasteiger partial charge in [0.25, 0.3) is 10.0 Å². The molecule has 0 aliphatic carbocycles. The van der Waals surface area contributed by atoms with E-state index in [1.807, 2.05) is 0 Å². The molecule has 2 aromatic rings. The number of carboxylic acid groups (broad SMARTS) is 1. The predicted octanol–water partition coefficient (Wildman–Crippen LogP) is 1.59. The van der Waals surface area contributed by atoms with Crippen molar-refractivity contribution in [2.45, 2.75) is 30.5 Å². The van der Waals surface area contributed by atoms with E-state index in [4.69, 9.17) is 9.52 Å². The van der Waals surface area contributed by atoms with Gasteiger partial charge in [0.1, 0.15) is 11.9 Å². The number of carboxylic acids is 1. The molecule has 1 amide bonds. The summed E-state index contributed by atoms with van der Waals surface area (Å²) in [6.45, 7) is 0.175. The third kappa shape index (κ3) is 4.01. The van der Waals surface area contributed by atoms with Crippen molar-refractivity contribution < 1.29 is 31.9 Å². The molecule has 0 spiro atoms. The maximum Gasteiger partial charge on any atom is 0.371 e. The van der Waals surface area contributed by atoms with E-state index in [0.717, 1.165) is 16.4 Å². The zero-order valence-electron chi connectivity index (χ0n) is 14.1. The maximum atomic E-state index is 13.2. The fourth-order valence-corrected chi connectivity index (χ4v) is 4.50. The number of amides is 1. The Morgan fingerprint density at radius 2 is 2.07 bits per heavy atom. The molecule has 144 valence electrons. The lowest BCUT2D eigenvalue weighted by molar-refractivity contribution is -0.124. The van der Waals surface area contributed by atoms with Crippen molar-refractivity contribution in [3.8, 4) is 0 Å². The van der Waals surface area contributed by atoms with E-state index in [1.165, 1.54) is 18.2 Å². The quantitative estimate of drug-likeness (QED) is 0.766. The van der Waals surface area contributed by atoms with Crippen LogP contribution < -0.4 is 5.32 Å². The molecule has 27 heavy (non-hydrogen) atoms. The topological polar surface area (TPSA) is 117 Å². The van der Waals surface area contributed by atoms with Crippen molar-refractivity contribution in [1.82, 2.24) is 9.62 Å². The molecular formula is C17H17FN2O6S. The average Bonchev–Trinajstić information content (AvgIpc) is 3.29. The first-order valence-corrected chi connectivity index (χ1v) is 9.60. The van der Waals surface area contributed by atoms with Crippen LogP contribution >= 0.6 is 0 Å². The Kier molecular flexibility index (Phi) is 5.29. The number of rotatable bonds is 6. The molecule has 0 saturated carbocycles. The van der Waals surface area contributed by atoms with Gasteiger partial charge in [-0.2, -0.15) is 4.31 Å². The van der Waals surface area contributed by atoms with Crippen molar-refractivity contribution in [2.24, 2.45) is 0 Å². The summed E-state index contributed by atoms with van der Waals surface area (Å²) in [5.41, 5.74) is 0.549. The lowest BCUT2D eigenvalue weighted by atomic mass is 10.2. The standard InChI is InChI=1S/C17H17FN2O6S/c18-12-4-1-3-11(9-12)10-19-16(21)13-5-2-8-20(13)27(24,25)15-7-6-14(26-15)17(22)23/h1,3-4,6-7,9,13H,2,5,8,10H2,(H,19,21)(H,22,23). The smallest absolute Gasteiger partial charge is 0.371 e. The summed E-state index contributed by atoms with van der Waals surface area (Å²) in [4.78, 5) is 23.4. The van der Waals surface area contributed by atoms with E-state index >= 15 is 0 Å². The average molecular weight is 396 g/mol. The van der Waals surface area contributed by atoms with Gasteiger partial charge in [-0.3, -0.25) is 4.79 Å². The van der Waals surface area contributed by atoms with Gasteiger partial charge in [0, 0.05) is 13.1 Å². The Morgan fingerprint density at radius 3 is 2.74 bits per heavy atom. The van der Waals surface area contributed by atoms with E-state index in [9.17, 15) is 22.4 Å². The molecule has 1 aliphatic rings. The second-order valence-corrected chi connectivity index (χ2v) is 7.87. The van der Waals surface area contributed by atoms with Crippen LogP contribution in [0, 0.1) is 5.82 Å². The largest absolute Gasteiger partial charge is 0.475 e. The second-order valence-electron chi connectivity index (χ2n) is 6.05. The summed E-state index contributed by atoms with van der Waals surface area (Å²) < 4.78 is 44.5. The van der Waals surface area contributed by atoms with Crippen molar-refractivity contribution in [3.63, 3.8) is 0 Å². The summed E-state index contributed by atoms with van der Waals surface area (Å²) >= 11 is 0. The lowest BCUT2D eigenvalue weighted by Crippen LogP contribution is -2.45. The number of aromatic carboxylic acids is 1. The summed E-state index contributed by atoms with van der Waals surface area (Å²) in [5, 5.41) is 11.0. The number of furan rings is 1.